The predicted molar refractivity (Wildman–Crippen MR) is 88.9 cm³/mol. The van der Waals surface area contributed by atoms with Crippen molar-refractivity contribution in [2.45, 2.75) is 6.54 Å². The number of urea groups is 1. The van der Waals surface area contributed by atoms with Crippen molar-refractivity contribution in [2.24, 2.45) is 0 Å². The van der Waals surface area contributed by atoms with Gasteiger partial charge in [0.1, 0.15) is 11.9 Å². The normalized spacial score (nSPS) is 10.0. The van der Waals surface area contributed by atoms with Crippen molar-refractivity contribution in [2.75, 3.05) is 25.6 Å². The Morgan fingerprint density at radius 1 is 1.29 bits per heavy atom. The number of nitrogens with one attached hydrogen (secondary N) is 1. The van der Waals surface area contributed by atoms with Crippen LogP contribution in [0.1, 0.15) is 11.1 Å². The van der Waals surface area contributed by atoms with Gasteiger partial charge >= 0.3 is 6.03 Å². The average Bonchev–Trinajstić information content (AvgIpc) is 2.60. The molecule has 0 bridgehead atoms. The quantitative estimate of drug-likeness (QED) is 0.884. The van der Waals surface area contributed by atoms with E-state index < -0.39 is 5.82 Å². The topological polar surface area (TPSA) is 65.4 Å². The van der Waals surface area contributed by atoms with Crippen LogP contribution in [0.2, 0.25) is 0 Å². The smallest absolute Gasteiger partial charge is 0.322 e. The standard InChI is InChI=1S/C18H18FN3O2/c1-24-10-9-22(13-14-5-3-2-4-6-14)18(23)21-17-8-7-16(19)11-15(17)12-20/h2-8,11H,9-10,13H2,1H3,(H,21,23). The first-order valence-corrected chi connectivity index (χ1v) is 7.42. The lowest BCUT2D eigenvalue weighted by atomic mass is 10.2. The number of ether oxygens (including phenoxy) is 1. The van der Waals surface area contributed by atoms with Gasteiger partial charge in [0.25, 0.3) is 0 Å². The molecule has 0 radical (unpaired) electrons. The lowest BCUT2D eigenvalue weighted by molar-refractivity contribution is 0.153. The molecule has 0 aliphatic heterocycles. The maximum atomic E-state index is 13.2. The van der Waals surface area contributed by atoms with E-state index in [1.165, 1.54) is 12.1 Å². The average molecular weight is 327 g/mol. The molecule has 0 saturated carbocycles. The summed E-state index contributed by atoms with van der Waals surface area (Å²) in [6.07, 6.45) is 0. The van der Waals surface area contributed by atoms with E-state index in [1.54, 1.807) is 12.0 Å². The number of benzene rings is 2. The fourth-order valence-corrected chi connectivity index (χ4v) is 2.17. The van der Waals surface area contributed by atoms with Crippen molar-refractivity contribution in [3.05, 3.63) is 65.5 Å². The van der Waals surface area contributed by atoms with E-state index >= 15 is 0 Å². The van der Waals surface area contributed by atoms with Gasteiger partial charge in [0, 0.05) is 20.2 Å². The van der Waals surface area contributed by atoms with Crippen LogP contribution in [0, 0.1) is 17.1 Å². The SMILES string of the molecule is COCCN(Cc1ccccc1)C(=O)Nc1ccc(F)cc1C#N. The zero-order valence-corrected chi connectivity index (χ0v) is 13.3. The lowest BCUT2D eigenvalue weighted by Gasteiger charge is -2.23. The van der Waals surface area contributed by atoms with Crippen LogP contribution < -0.4 is 5.32 Å². The second-order valence-corrected chi connectivity index (χ2v) is 5.13. The largest absolute Gasteiger partial charge is 0.383 e. The summed E-state index contributed by atoms with van der Waals surface area (Å²) >= 11 is 0. The molecule has 0 spiro atoms. The number of carbonyl (C=O) groups is 1. The molecular weight excluding hydrogens is 309 g/mol. The Morgan fingerprint density at radius 2 is 2.04 bits per heavy atom. The van der Waals surface area contributed by atoms with E-state index in [4.69, 9.17) is 10.00 Å². The van der Waals surface area contributed by atoms with Crippen LogP contribution >= 0.6 is 0 Å². The summed E-state index contributed by atoms with van der Waals surface area (Å²) in [6, 6.07) is 14.7. The minimum absolute atomic E-state index is 0.0785. The number of anilines is 1. The molecule has 1 N–H and O–H groups in total. The highest BCUT2D eigenvalue weighted by atomic mass is 19.1. The van der Waals surface area contributed by atoms with E-state index in [1.807, 2.05) is 36.4 Å². The van der Waals surface area contributed by atoms with Gasteiger partial charge in [-0.15, -0.1) is 0 Å². The third-order valence-electron chi connectivity index (χ3n) is 3.41. The number of amides is 2. The molecule has 0 fully saturated rings. The first-order valence-electron chi connectivity index (χ1n) is 7.42. The molecule has 2 amide bonds. The Kier molecular flexibility index (Phi) is 6.29. The molecule has 2 aromatic carbocycles. The van der Waals surface area contributed by atoms with Crippen molar-refractivity contribution in [3.63, 3.8) is 0 Å². The minimum atomic E-state index is -0.523. The Hall–Kier alpha value is -2.91. The highest BCUT2D eigenvalue weighted by Gasteiger charge is 2.16. The van der Waals surface area contributed by atoms with E-state index in [0.717, 1.165) is 11.6 Å². The van der Waals surface area contributed by atoms with Gasteiger partial charge in [-0.2, -0.15) is 5.26 Å². The highest BCUT2D eigenvalue weighted by molar-refractivity contribution is 5.90. The Bertz CT molecular complexity index is 729. The number of nitrogens with zero attached hydrogens (tertiary/aromatic N) is 2. The van der Waals surface area contributed by atoms with Crippen LogP contribution in [0.3, 0.4) is 0 Å². The first kappa shape index (κ1) is 17.4. The van der Waals surface area contributed by atoms with Gasteiger partial charge in [-0.25, -0.2) is 9.18 Å². The number of rotatable bonds is 6. The molecule has 0 aliphatic carbocycles. The van der Waals surface area contributed by atoms with E-state index in [-0.39, 0.29) is 17.3 Å². The van der Waals surface area contributed by atoms with Gasteiger partial charge in [-0.1, -0.05) is 30.3 Å². The van der Waals surface area contributed by atoms with Crippen LogP contribution in [0.4, 0.5) is 14.9 Å². The third-order valence-corrected chi connectivity index (χ3v) is 3.41. The number of hydrogen-bond donors (Lipinski definition) is 1. The summed E-state index contributed by atoms with van der Waals surface area (Å²) in [4.78, 5) is 14.1. The Labute approximate surface area is 140 Å². The molecular formula is C18H18FN3O2. The molecule has 0 saturated heterocycles. The van der Waals surface area contributed by atoms with E-state index in [9.17, 15) is 9.18 Å². The fraction of sp³-hybridized carbons (Fsp3) is 0.222. The van der Waals surface area contributed by atoms with Crippen LogP contribution in [-0.2, 0) is 11.3 Å². The van der Waals surface area contributed by atoms with Crippen LogP contribution in [0.5, 0.6) is 0 Å². The fourth-order valence-electron chi connectivity index (χ4n) is 2.17. The molecule has 24 heavy (non-hydrogen) atoms. The van der Waals surface area contributed by atoms with Crippen molar-refractivity contribution in [1.29, 1.82) is 5.26 Å². The number of nitriles is 1. The molecule has 5 nitrogen and oxygen atoms in total. The molecule has 0 atom stereocenters. The molecule has 2 rings (SSSR count). The summed E-state index contributed by atoms with van der Waals surface area (Å²) in [5, 5.41) is 11.7. The molecule has 0 aromatic heterocycles. The van der Waals surface area contributed by atoms with Gasteiger partial charge < -0.3 is 15.0 Å². The monoisotopic (exact) mass is 327 g/mol. The van der Waals surface area contributed by atoms with E-state index in [0.29, 0.717) is 19.7 Å². The van der Waals surface area contributed by atoms with Gasteiger partial charge in [-0.3, -0.25) is 0 Å². The lowest BCUT2D eigenvalue weighted by Crippen LogP contribution is -2.37. The maximum Gasteiger partial charge on any atom is 0.322 e. The van der Waals surface area contributed by atoms with Crippen LogP contribution in [0.15, 0.2) is 48.5 Å². The highest BCUT2D eigenvalue weighted by Crippen LogP contribution is 2.17. The molecule has 124 valence electrons. The van der Waals surface area contributed by atoms with Gasteiger partial charge in [0.15, 0.2) is 0 Å². The van der Waals surface area contributed by atoms with Crippen molar-refractivity contribution in [1.82, 2.24) is 4.90 Å². The second kappa shape index (κ2) is 8.65. The number of methoxy groups -OCH3 is 1. The Morgan fingerprint density at radius 3 is 2.71 bits per heavy atom. The molecule has 6 heteroatoms. The number of hydrogen-bond acceptors (Lipinski definition) is 3. The van der Waals surface area contributed by atoms with Crippen molar-refractivity contribution < 1.29 is 13.9 Å². The van der Waals surface area contributed by atoms with Crippen molar-refractivity contribution in [3.8, 4) is 6.07 Å². The zero-order valence-electron chi connectivity index (χ0n) is 13.3. The van der Waals surface area contributed by atoms with Crippen molar-refractivity contribution >= 4 is 11.7 Å². The van der Waals surface area contributed by atoms with Gasteiger partial charge in [-0.05, 0) is 23.8 Å². The van der Waals surface area contributed by atoms with Gasteiger partial charge in [0.2, 0.25) is 0 Å². The maximum absolute atomic E-state index is 13.2. The first-order chi connectivity index (χ1) is 11.6. The summed E-state index contributed by atoms with van der Waals surface area (Å²) < 4.78 is 18.2. The minimum Gasteiger partial charge on any atom is -0.383 e. The Balaban J connectivity index is 2.14. The van der Waals surface area contributed by atoms with E-state index in [2.05, 4.69) is 5.32 Å². The zero-order chi connectivity index (χ0) is 17.4. The molecule has 0 unspecified atom stereocenters. The summed E-state index contributed by atoms with van der Waals surface area (Å²) in [6.45, 7) is 1.17. The predicted octanol–water partition coefficient (Wildman–Crippen LogP) is 3.38. The second-order valence-electron chi connectivity index (χ2n) is 5.13. The summed E-state index contributed by atoms with van der Waals surface area (Å²) in [7, 11) is 1.56. The number of halogens is 1. The van der Waals surface area contributed by atoms with Crippen LogP contribution in [-0.4, -0.2) is 31.2 Å². The van der Waals surface area contributed by atoms with Gasteiger partial charge in [0.05, 0.1) is 17.9 Å². The van der Waals surface area contributed by atoms with Crippen LogP contribution in [0.25, 0.3) is 0 Å². The number of carbonyl (C=O) groups excluding carboxylic acids is 1. The molecule has 0 aliphatic rings. The molecule has 2 aromatic rings. The summed E-state index contributed by atoms with van der Waals surface area (Å²) in [5.74, 6) is -0.523. The summed E-state index contributed by atoms with van der Waals surface area (Å²) in [5.41, 5.74) is 1.33. The molecule has 0 heterocycles. The third kappa shape index (κ3) is 4.80.